The molecule has 316 valence electrons. The number of hydrogen-bond donors (Lipinski definition) is 3. The lowest BCUT2D eigenvalue weighted by Crippen LogP contribution is -2.61. The summed E-state index contributed by atoms with van der Waals surface area (Å²) in [5.41, 5.74) is -2.76. The maximum Gasteiger partial charge on any atom is 0.319 e. The van der Waals surface area contributed by atoms with E-state index in [9.17, 15) is 29.3 Å². The standard InChI is InChI=1S/C44H47F3N6O7/c1-3-30-33(46)8-5-25-15-29(54)16-31(34(25)30)36-35(47)37-32(19-48-36)39(50-42(49-37)60-23-44-11-4-12-52(44)20-26(45)18-44)51-21-27-6-7-28(22-51)53(27)40(56)38(55)43(2,41(57)58)17-24-9-13-59-14-10-24/h1,5,8,15-16,19,24,26-28,38,54-55H,4,6-7,9-14,17-18,20-23H2,2H3,(H,57,58)/t26-,27-,28+,38-,43+,44+/m1/s1. The van der Waals surface area contributed by atoms with Crippen molar-refractivity contribution in [1.82, 2.24) is 24.8 Å². The lowest BCUT2D eigenvalue weighted by Gasteiger charge is -2.44. The number of anilines is 1. The number of ether oxygens (including phenoxy) is 2. The van der Waals surface area contributed by atoms with E-state index in [1.807, 2.05) is 4.90 Å². The molecule has 60 heavy (non-hydrogen) atoms. The number of aromatic nitrogens is 3. The lowest BCUT2D eigenvalue weighted by atomic mass is 9.74. The Kier molecular flexibility index (Phi) is 10.3. The molecule has 2 bridgehead atoms. The molecule has 6 atom stereocenters. The molecular weight excluding hydrogens is 782 g/mol. The predicted octanol–water partition coefficient (Wildman–Crippen LogP) is 5.21. The van der Waals surface area contributed by atoms with Crippen LogP contribution < -0.4 is 9.64 Å². The third kappa shape index (κ3) is 6.75. The molecule has 1 amide bonds. The van der Waals surface area contributed by atoms with Gasteiger partial charge >= 0.3 is 12.0 Å². The van der Waals surface area contributed by atoms with Crippen molar-refractivity contribution in [2.75, 3.05) is 50.9 Å². The summed E-state index contributed by atoms with van der Waals surface area (Å²) in [7, 11) is 0. The van der Waals surface area contributed by atoms with Gasteiger partial charge in [-0.2, -0.15) is 9.97 Å². The van der Waals surface area contributed by atoms with Crippen LogP contribution in [0.2, 0.25) is 0 Å². The van der Waals surface area contributed by atoms with Crippen molar-refractivity contribution in [2.45, 2.75) is 88.2 Å². The van der Waals surface area contributed by atoms with Gasteiger partial charge in [-0.15, -0.1) is 6.42 Å². The Bertz CT molecular complexity index is 2410. The number of aromatic hydroxyl groups is 1. The van der Waals surface area contributed by atoms with Crippen LogP contribution in [0.25, 0.3) is 32.9 Å². The molecular formula is C44H47F3N6O7. The minimum absolute atomic E-state index is 0.0110. The summed E-state index contributed by atoms with van der Waals surface area (Å²) in [5, 5.41) is 33.3. The average Bonchev–Trinajstić information content (AvgIpc) is 3.85. The van der Waals surface area contributed by atoms with Gasteiger partial charge in [-0.05, 0) is 87.9 Å². The van der Waals surface area contributed by atoms with Crippen LogP contribution in [0.1, 0.15) is 63.9 Å². The highest BCUT2D eigenvalue weighted by molar-refractivity contribution is 6.03. The van der Waals surface area contributed by atoms with E-state index in [2.05, 4.69) is 20.8 Å². The van der Waals surface area contributed by atoms with E-state index in [-0.39, 0.29) is 89.1 Å². The molecule has 0 radical (unpaired) electrons. The smallest absolute Gasteiger partial charge is 0.319 e. The van der Waals surface area contributed by atoms with Gasteiger partial charge in [-0.25, -0.2) is 13.2 Å². The molecule has 7 heterocycles. The Morgan fingerprint density at radius 3 is 2.58 bits per heavy atom. The molecule has 0 aliphatic carbocycles. The SMILES string of the molecule is C#Cc1c(F)ccc2cc(O)cc(-c3ncc4c(N5C[C@H]6CC[C@@H](C5)N6C(=O)[C@@H](O)[C@](C)(CC5CCOCC5)C(=O)O)nc(OC[C@@]56CCCN5C[C@H](F)C6)nc4c3F)c12. The van der Waals surface area contributed by atoms with Crippen molar-refractivity contribution in [2.24, 2.45) is 11.3 Å². The Morgan fingerprint density at radius 2 is 1.87 bits per heavy atom. The number of fused-ring (bicyclic) bond motifs is 5. The Labute approximate surface area is 344 Å². The molecule has 4 aromatic rings. The van der Waals surface area contributed by atoms with Crippen molar-refractivity contribution in [3.05, 3.63) is 47.7 Å². The largest absolute Gasteiger partial charge is 0.508 e. The van der Waals surface area contributed by atoms with Gasteiger partial charge in [0.2, 0.25) is 0 Å². The molecule has 0 spiro atoms. The van der Waals surface area contributed by atoms with Crippen LogP contribution >= 0.6 is 0 Å². The third-order valence-electron chi connectivity index (χ3n) is 13.7. The maximum absolute atomic E-state index is 17.2. The van der Waals surface area contributed by atoms with Gasteiger partial charge in [-0.1, -0.05) is 12.0 Å². The second-order valence-corrected chi connectivity index (χ2v) is 17.5. The number of aliphatic hydroxyl groups excluding tert-OH is 1. The number of hydrogen-bond acceptors (Lipinski definition) is 11. The molecule has 9 rings (SSSR count). The molecule has 5 aliphatic rings. The summed E-state index contributed by atoms with van der Waals surface area (Å²) in [6.07, 6.45) is 8.80. The van der Waals surface area contributed by atoms with E-state index < -0.39 is 58.8 Å². The van der Waals surface area contributed by atoms with Gasteiger partial charge in [0.25, 0.3) is 5.91 Å². The second kappa shape index (κ2) is 15.3. The van der Waals surface area contributed by atoms with Crippen LogP contribution in [0.15, 0.2) is 30.5 Å². The molecule has 3 N–H and O–H groups in total. The number of aliphatic hydroxyl groups is 1. The van der Waals surface area contributed by atoms with Gasteiger partial charge in [0.15, 0.2) is 5.82 Å². The summed E-state index contributed by atoms with van der Waals surface area (Å²) in [6.45, 7) is 3.98. The number of carbonyl (C=O) groups is 2. The minimum atomic E-state index is -1.78. The monoisotopic (exact) mass is 828 g/mol. The summed E-state index contributed by atoms with van der Waals surface area (Å²) < 4.78 is 58.7. The minimum Gasteiger partial charge on any atom is -0.508 e. The van der Waals surface area contributed by atoms with E-state index in [4.69, 9.17) is 20.9 Å². The van der Waals surface area contributed by atoms with Gasteiger partial charge in [0.05, 0.1) is 16.5 Å². The number of alkyl halides is 1. The van der Waals surface area contributed by atoms with Gasteiger partial charge in [0, 0.05) is 68.5 Å². The number of terminal acetylenes is 1. The van der Waals surface area contributed by atoms with Crippen LogP contribution in [-0.2, 0) is 14.3 Å². The fourth-order valence-electron chi connectivity index (χ4n) is 10.6. The fourth-order valence-corrected chi connectivity index (χ4v) is 10.6. The number of carbonyl (C=O) groups excluding carboxylic acids is 1. The van der Waals surface area contributed by atoms with Crippen molar-refractivity contribution < 1.29 is 47.6 Å². The number of phenols is 1. The number of piperazine rings is 1. The number of nitrogens with zero attached hydrogens (tertiary/aromatic N) is 6. The number of halogens is 3. The zero-order valence-corrected chi connectivity index (χ0v) is 33.2. The summed E-state index contributed by atoms with van der Waals surface area (Å²) in [5.74, 6) is -1.09. The van der Waals surface area contributed by atoms with Crippen molar-refractivity contribution in [1.29, 1.82) is 0 Å². The quantitative estimate of drug-likeness (QED) is 0.179. The highest BCUT2D eigenvalue weighted by Gasteiger charge is 2.53. The predicted molar refractivity (Wildman–Crippen MR) is 214 cm³/mol. The zero-order chi connectivity index (χ0) is 42.1. The number of rotatable bonds is 10. The molecule has 5 saturated heterocycles. The Morgan fingerprint density at radius 1 is 1.12 bits per heavy atom. The highest BCUT2D eigenvalue weighted by Crippen LogP contribution is 2.44. The molecule has 5 aliphatic heterocycles. The number of aliphatic carboxylic acids is 1. The van der Waals surface area contributed by atoms with E-state index in [1.165, 1.54) is 37.4 Å². The van der Waals surface area contributed by atoms with Crippen molar-refractivity contribution in [3.8, 4) is 35.4 Å². The van der Waals surface area contributed by atoms with Crippen LogP contribution in [0.5, 0.6) is 11.8 Å². The molecule has 2 aromatic carbocycles. The number of benzene rings is 2. The van der Waals surface area contributed by atoms with Crippen LogP contribution in [0.3, 0.4) is 0 Å². The van der Waals surface area contributed by atoms with Gasteiger partial charge < -0.3 is 34.6 Å². The van der Waals surface area contributed by atoms with Gasteiger partial charge in [-0.3, -0.25) is 19.5 Å². The first kappa shape index (κ1) is 40.2. The molecule has 0 unspecified atom stereocenters. The number of phenolic OH excluding ortho intramolecular Hbond substituents is 1. The zero-order valence-electron chi connectivity index (χ0n) is 33.2. The number of amides is 1. The first-order chi connectivity index (χ1) is 28.8. The summed E-state index contributed by atoms with van der Waals surface area (Å²) in [6, 6.07) is 4.26. The fraction of sp³-hybridized carbons (Fsp3) is 0.523. The maximum atomic E-state index is 17.2. The Balaban J connectivity index is 1.08. The molecule has 13 nitrogen and oxygen atoms in total. The van der Waals surface area contributed by atoms with E-state index in [0.717, 1.165) is 19.4 Å². The van der Waals surface area contributed by atoms with Crippen LogP contribution in [0.4, 0.5) is 19.0 Å². The first-order valence-electron chi connectivity index (χ1n) is 20.7. The molecule has 5 fully saturated rings. The number of carboxylic acid groups (broad SMARTS) is 1. The number of pyridine rings is 1. The van der Waals surface area contributed by atoms with E-state index in [1.54, 1.807) is 4.90 Å². The van der Waals surface area contributed by atoms with E-state index in [0.29, 0.717) is 50.8 Å². The normalized spacial score (nSPS) is 26.0. The topological polar surface area (TPSA) is 162 Å². The first-order valence-corrected chi connectivity index (χ1v) is 20.7. The summed E-state index contributed by atoms with van der Waals surface area (Å²) in [4.78, 5) is 46.3. The van der Waals surface area contributed by atoms with Crippen molar-refractivity contribution in [3.63, 3.8) is 0 Å². The number of carboxylic acids is 1. The van der Waals surface area contributed by atoms with Gasteiger partial charge in [0.1, 0.15) is 52.9 Å². The van der Waals surface area contributed by atoms with Crippen molar-refractivity contribution >= 4 is 39.4 Å². The highest BCUT2D eigenvalue weighted by atomic mass is 19.1. The van der Waals surface area contributed by atoms with Crippen LogP contribution in [0, 0.1) is 35.3 Å². The Hall–Kier alpha value is -5.24. The lowest BCUT2D eigenvalue weighted by molar-refractivity contribution is -0.168. The summed E-state index contributed by atoms with van der Waals surface area (Å²) >= 11 is 0. The molecule has 2 aromatic heterocycles. The molecule has 0 saturated carbocycles. The van der Waals surface area contributed by atoms with Crippen LogP contribution in [-0.4, -0.2) is 128 Å². The molecule has 16 heteroatoms. The third-order valence-corrected chi connectivity index (χ3v) is 13.7. The average molecular weight is 829 g/mol. The van der Waals surface area contributed by atoms with E-state index >= 15 is 8.78 Å². The second-order valence-electron chi connectivity index (χ2n) is 17.5.